The molecule has 1 saturated heterocycles. The van der Waals surface area contributed by atoms with Crippen LogP contribution in [0.2, 0.25) is 0 Å². The number of amides is 2. The molecular formula is C27H32N6O7S. The standard InChI is InChI=1S/C27H32N6O7S/c1-4-39-23-22(26(34)40-5-2)30-24(31-25(23)33-14-16-38-17-15-33)18-6-8-19(9-7-18)28-27(35)29-20-10-12-21(13-11-20)32-41(3,36)37/h6-13,32H,4-5,14-17H2,1-3H3,(H2,28,29,35). The Morgan fingerprint density at radius 1 is 0.902 bits per heavy atom. The van der Waals surface area contributed by atoms with Gasteiger partial charge in [0.2, 0.25) is 10.0 Å². The maximum atomic E-state index is 12.8. The SMILES string of the molecule is CCOC(=O)c1nc(-c2ccc(NC(=O)Nc3ccc(NS(C)(=O)=O)cc3)cc2)nc(N2CCOCC2)c1OCC. The van der Waals surface area contributed by atoms with E-state index in [1.54, 1.807) is 43.3 Å². The van der Waals surface area contributed by atoms with Crippen molar-refractivity contribution >= 4 is 44.9 Å². The predicted octanol–water partition coefficient (Wildman–Crippen LogP) is 3.57. The molecule has 2 amide bonds. The molecule has 2 heterocycles. The summed E-state index contributed by atoms with van der Waals surface area (Å²) in [6, 6.07) is 12.6. The summed E-state index contributed by atoms with van der Waals surface area (Å²) >= 11 is 0. The number of esters is 1. The number of benzene rings is 2. The van der Waals surface area contributed by atoms with E-state index in [0.717, 1.165) is 6.26 Å². The van der Waals surface area contributed by atoms with Crippen LogP contribution < -0.4 is 25.0 Å². The summed E-state index contributed by atoms with van der Waals surface area (Å²) < 4.78 is 41.6. The molecule has 0 radical (unpaired) electrons. The average molecular weight is 585 g/mol. The number of nitrogens with one attached hydrogen (secondary N) is 3. The summed E-state index contributed by atoms with van der Waals surface area (Å²) in [5, 5.41) is 5.43. The van der Waals surface area contributed by atoms with Gasteiger partial charge in [-0.25, -0.2) is 28.0 Å². The number of sulfonamides is 1. The zero-order valence-corrected chi connectivity index (χ0v) is 23.8. The summed E-state index contributed by atoms with van der Waals surface area (Å²) in [5.41, 5.74) is 2.02. The first-order chi connectivity index (χ1) is 19.7. The van der Waals surface area contributed by atoms with Crippen molar-refractivity contribution in [3.8, 4) is 17.1 Å². The largest absolute Gasteiger partial charge is 0.488 e. The number of aromatic nitrogens is 2. The van der Waals surface area contributed by atoms with Gasteiger partial charge in [-0.3, -0.25) is 4.72 Å². The monoisotopic (exact) mass is 584 g/mol. The van der Waals surface area contributed by atoms with Crippen molar-refractivity contribution in [2.45, 2.75) is 13.8 Å². The fourth-order valence-corrected chi connectivity index (χ4v) is 4.57. The second-order valence-electron chi connectivity index (χ2n) is 8.91. The highest BCUT2D eigenvalue weighted by molar-refractivity contribution is 7.92. The molecule has 1 aliphatic heterocycles. The Hall–Kier alpha value is -4.43. The van der Waals surface area contributed by atoms with Crippen molar-refractivity contribution in [1.82, 2.24) is 9.97 Å². The number of carbonyl (C=O) groups excluding carboxylic acids is 2. The van der Waals surface area contributed by atoms with Crippen LogP contribution in [0.3, 0.4) is 0 Å². The van der Waals surface area contributed by atoms with Gasteiger partial charge in [-0.2, -0.15) is 0 Å². The molecule has 1 aromatic heterocycles. The van der Waals surface area contributed by atoms with Gasteiger partial charge in [0.1, 0.15) is 0 Å². The second kappa shape index (κ2) is 13.3. The Morgan fingerprint density at radius 2 is 1.49 bits per heavy atom. The number of nitrogens with zero attached hydrogens (tertiary/aromatic N) is 3. The van der Waals surface area contributed by atoms with Crippen molar-refractivity contribution in [1.29, 1.82) is 0 Å². The number of urea groups is 1. The van der Waals surface area contributed by atoms with Crippen LogP contribution in [0.25, 0.3) is 11.4 Å². The maximum Gasteiger partial charge on any atom is 0.361 e. The molecule has 0 bridgehead atoms. The van der Waals surface area contributed by atoms with E-state index in [-0.39, 0.29) is 18.1 Å². The third-order valence-corrected chi connectivity index (χ3v) is 6.37. The van der Waals surface area contributed by atoms with Crippen molar-refractivity contribution in [3.05, 3.63) is 54.2 Å². The molecule has 1 aliphatic rings. The van der Waals surface area contributed by atoms with Crippen LogP contribution in [0.15, 0.2) is 48.5 Å². The molecule has 1 fully saturated rings. The molecule has 0 aliphatic carbocycles. The van der Waals surface area contributed by atoms with Gasteiger partial charge in [-0.1, -0.05) is 0 Å². The Bertz CT molecular complexity index is 1480. The molecule has 3 aromatic rings. The maximum absolute atomic E-state index is 12.8. The number of hydrogen-bond donors (Lipinski definition) is 3. The molecule has 41 heavy (non-hydrogen) atoms. The first-order valence-corrected chi connectivity index (χ1v) is 14.9. The molecule has 13 nitrogen and oxygen atoms in total. The molecule has 14 heteroatoms. The number of morpholine rings is 1. The summed E-state index contributed by atoms with van der Waals surface area (Å²) in [6.45, 7) is 6.22. The molecule has 0 spiro atoms. The normalized spacial score (nSPS) is 13.3. The van der Waals surface area contributed by atoms with Crippen molar-refractivity contribution in [3.63, 3.8) is 0 Å². The smallest absolute Gasteiger partial charge is 0.361 e. The van der Waals surface area contributed by atoms with Gasteiger partial charge in [0.05, 0.1) is 32.7 Å². The van der Waals surface area contributed by atoms with Gasteiger partial charge < -0.3 is 29.7 Å². The first kappa shape index (κ1) is 29.6. The van der Waals surface area contributed by atoms with Crippen molar-refractivity contribution in [2.75, 3.05) is 66.0 Å². The summed E-state index contributed by atoms with van der Waals surface area (Å²) in [6.07, 6.45) is 1.06. The van der Waals surface area contributed by atoms with E-state index < -0.39 is 22.0 Å². The second-order valence-corrected chi connectivity index (χ2v) is 10.7. The summed E-state index contributed by atoms with van der Waals surface area (Å²) in [4.78, 5) is 36.6. The van der Waals surface area contributed by atoms with Crippen LogP contribution in [0.1, 0.15) is 24.3 Å². The minimum absolute atomic E-state index is 0.0412. The molecule has 0 atom stereocenters. The minimum atomic E-state index is -3.40. The van der Waals surface area contributed by atoms with E-state index in [1.165, 1.54) is 12.1 Å². The molecule has 3 N–H and O–H groups in total. The van der Waals surface area contributed by atoms with Gasteiger partial charge in [-0.15, -0.1) is 0 Å². The Balaban J connectivity index is 1.53. The fourth-order valence-electron chi connectivity index (χ4n) is 4.00. The van der Waals surface area contributed by atoms with E-state index >= 15 is 0 Å². The average Bonchev–Trinajstić information content (AvgIpc) is 2.94. The molecule has 2 aromatic carbocycles. The van der Waals surface area contributed by atoms with E-state index in [0.29, 0.717) is 67.2 Å². The number of ether oxygens (including phenoxy) is 3. The summed E-state index contributed by atoms with van der Waals surface area (Å²) in [7, 11) is -3.40. The van der Waals surface area contributed by atoms with Crippen LogP contribution in [0, 0.1) is 0 Å². The number of hydrogen-bond acceptors (Lipinski definition) is 10. The number of rotatable bonds is 10. The van der Waals surface area contributed by atoms with Gasteiger partial charge in [0.15, 0.2) is 23.1 Å². The van der Waals surface area contributed by atoms with Crippen LogP contribution in [0.5, 0.6) is 5.75 Å². The third-order valence-electron chi connectivity index (χ3n) is 5.76. The van der Waals surface area contributed by atoms with Crippen LogP contribution in [-0.2, 0) is 19.5 Å². The lowest BCUT2D eigenvalue weighted by Gasteiger charge is -2.29. The van der Waals surface area contributed by atoms with E-state index in [2.05, 4.69) is 20.3 Å². The molecule has 218 valence electrons. The van der Waals surface area contributed by atoms with Crippen molar-refractivity contribution in [2.24, 2.45) is 0 Å². The Morgan fingerprint density at radius 3 is 2.05 bits per heavy atom. The highest BCUT2D eigenvalue weighted by atomic mass is 32.2. The van der Waals surface area contributed by atoms with Crippen LogP contribution in [-0.4, -0.2) is 76.2 Å². The van der Waals surface area contributed by atoms with E-state index in [1.807, 2.05) is 11.8 Å². The van der Waals surface area contributed by atoms with Crippen LogP contribution >= 0.6 is 0 Å². The fraction of sp³-hybridized carbons (Fsp3) is 0.333. The molecular weight excluding hydrogens is 552 g/mol. The van der Waals surface area contributed by atoms with Gasteiger partial charge in [0.25, 0.3) is 0 Å². The van der Waals surface area contributed by atoms with E-state index in [9.17, 15) is 18.0 Å². The lowest BCUT2D eigenvalue weighted by Crippen LogP contribution is -2.37. The molecule has 0 saturated carbocycles. The lowest BCUT2D eigenvalue weighted by molar-refractivity contribution is 0.0514. The molecule has 0 unspecified atom stereocenters. The highest BCUT2D eigenvalue weighted by Crippen LogP contribution is 2.33. The third kappa shape index (κ3) is 8.05. The minimum Gasteiger partial charge on any atom is -0.488 e. The zero-order chi connectivity index (χ0) is 29.4. The van der Waals surface area contributed by atoms with E-state index in [4.69, 9.17) is 19.2 Å². The summed E-state index contributed by atoms with van der Waals surface area (Å²) in [5.74, 6) is 0.454. The highest BCUT2D eigenvalue weighted by Gasteiger charge is 2.27. The Labute approximate surface area is 238 Å². The quantitative estimate of drug-likeness (QED) is 0.301. The van der Waals surface area contributed by atoms with Gasteiger partial charge in [0, 0.05) is 35.7 Å². The van der Waals surface area contributed by atoms with Crippen LogP contribution in [0.4, 0.5) is 27.7 Å². The predicted molar refractivity (Wildman–Crippen MR) is 155 cm³/mol. The lowest BCUT2D eigenvalue weighted by atomic mass is 10.1. The number of anilines is 4. The van der Waals surface area contributed by atoms with Gasteiger partial charge >= 0.3 is 12.0 Å². The number of carbonyl (C=O) groups is 2. The van der Waals surface area contributed by atoms with Gasteiger partial charge in [-0.05, 0) is 62.4 Å². The topological polar surface area (TPSA) is 161 Å². The zero-order valence-electron chi connectivity index (χ0n) is 23.0. The molecule has 4 rings (SSSR count). The first-order valence-electron chi connectivity index (χ1n) is 13.0. The van der Waals surface area contributed by atoms with Crippen molar-refractivity contribution < 1.29 is 32.2 Å². The Kier molecular flexibility index (Phi) is 9.57.